The maximum atomic E-state index is 12.4. The molecule has 1 N–H and O–H groups in total. The molecule has 37 heavy (non-hydrogen) atoms. The second kappa shape index (κ2) is 18.9. The van der Waals surface area contributed by atoms with E-state index in [1.165, 1.54) is 0 Å². The third-order valence-corrected chi connectivity index (χ3v) is 7.30. The van der Waals surface area contributed by atoms with Crippen LogP contribution < -0.4 is 5.32 Å². The molecule has 0 bridgehead atoms. The van der Waals surface area contributed by atoms with Crippen LogP contribution >= 0.6 is 7.82 Å². The van der Waals surface area contributed by atoms with Crippen molar-refractivity contribution in [2.45, 2.75) is 41.5 Å². The Morgan fingerprint density at radius 3 is 2.27 bits per heavy atom. The van der Waals surface area contributed by atoms with E-state index < -0.39 is 7.82 Å². The lowest BCUT2D eigenvalue weighted by Gasteiger charge is -2.37. The van der Waals surface area contributed by atoms with Crippen LogP contribution in [0.3, 0.4) is 0 Å². The van der Waals surface area contributed by atoms with E-state index in [1.807, 2.05) is 76.3 Å². The van der Waals surface area contributed by atoms with Crippen LogP contribution in [0.4, 0.5) is 5.69 Å². The first-order valence-corrected chi connectivity index (χ1v) is 14.7. The van der Waals surface area contributed by atoms with Crippen molar-refractivity contribution in [2.75, 3.05) is 64.4 Å². The van der Waals surface area contributed by atoms with E-state index >= 15 is 0 Å². The van der Waals surface area contributed by atoms with Crippen molar-refractivity contribution in [1.29, 1.82) is 0 Å². The van der Waals surface area contributed by atoms with Crippen molar-refractivity contribution in [3.63, 3.8) is 0 Å². The minimum absolute atomic E-state index is 0.270. The molecule has 0 aliphatic carbocycles. The Bertz CT molecular complexity index is 914. The predicted molar refractivity (Wildman–Crippen MR) is 154 cm³/mol. The van der Waals surface area contributed by atoms with Gasteiger partial charge in [0.1, 0.15) is 0 Å². The van der Waals surface area contributed by atoms with E-state index in [-0.39, 0.29) is 19.8 Å². The largest absolute Gasteiger partial charge is 0.474 e. The van der Waals surface area contributed by atoms with Crippen LogP contribution in [0, 0.1) is 0 Å². The van der Waals surface area contributed by atoms with Gasteiger partial charge in [-0.1, -0.05) is 56.4 Å². The quantitative estimate of drug-likeness (QED) is 0.127. The lowest BCUT2D eigenvalue weighted by Crippen LogP contribution is -2.46. The molecule has 8 nitrogen and oxygen atoms in total. The summed E-state index contributed by atoms with van der Waals surface area (Å²) >= 11 is 0. The van der Waals surface area contributed by atoms with Crippen molar-refractivity contribution in [1.82, 2.24) is 9.80 Å². The number of carbonyl (C=O) groups is 1. The Balaban J connectivity index is 0.00000334. The van der Waals surface area contributed by atoms with Gasteiger partial charge in [0.25, 0.3) is 0 Å². The fraction of sp³-hybridized carbons (Fsp3) is 0.536. The van der Waals surface area contributed by atoms with E-state index in [0.717, 1.165) is 49.4 Å². The average Bonchev–Trinajstić information content (AvgIpc) is 2.91. The van der Waals surface area contributed by atoms with Gasteiger partial charge >= 0.3 is 7.82 Å². The van der Waals surface area contributed by atoms with E-state index in [4.69, 9.17) is 13.6 Å². The number of rotatable bonds is 15. The van der Waals surface area contributed by atoms with Crippen molar-refractivity contribution >= 4 is 25.4 Å². The zero-order chi connectivity index (χ0) is 27.5. The molecule has 9 heteroatoms. The van der Waals surface area contributed by atoms with Crippen LogP contribution in [0.5, 0.6) is 0 Å². The third kappa shape index (κ3) is 11.4. The predicted octanol–water partition coefficient (Wildman–Crippen LogP) is 6.00. The van der Waals surface area contributed by atoms with Crippen LogP contribution in [0.15, 0.2) is 54.3 Å². The van der Waals surface area contributed by atoms with Crippen LogP contribution in [-0.2, 0) is 22.9 Å². The standard InChI is InChI=1S/C26H40N3O5P.C2H6/c1-5-8-9-12-15-27-26-14-11-10-13-24(26)25(22-30)23(4)29-18-16-28(17-19-29)20-21-34-35(31,32-6-2)33-7-3;1-2/h5,8-14,22,27H,6-7,15-21H2,1-4H3;1-2H3/b8-5-,12-9-,25-23+;. The summed E-state index contributed by atoms with van der Waals surface area (Å²) in [6.45, 7) is 16.8. The Labute approximate surface area is 224 Å². The molecule has 1 fully saturated rings. The Kier molecular flexibility index (Phi) is 16.8. The minimum Gasteiger partial charge on any atom is -0.381 e. The maximum Gasteiger partial charge on any atom is 0.474 e. The van der Waals surface area contributed by atoms with Gasteiger partial charge < -0.3 is 10.2 Å². The first-order chi connectivity index (χ1) is 18.0. The second-order valence-corrected chi connectivity index (χ2v) is 9.61. The van der Waals surface area contributed by atoms with Gasteiger partial charge in [0.2, 0.25) is 0 Å². The van der Waals surface area contributed by atoms with Crippen LogP contribution in [0.1, 0.15) is 47.1 Å². The third-order valence-electron chi connectivity index (χ3n) is 5.65. The Morgan fingerprint density at radius 1 is 1.03 bits per heavy atom. The summed E-state index contributed by atoms with van der Waals surface area (Å²) in [6, 6.07) is 7.90. The summed E-state index contributed by atoms with van der Waals surface area (Å²) in [4.78, 5) is 16.6. The number of anilines is 1. The maximum absolute atomic E-state index is 12.4. The number of para-hydroxylation sites is 1. The molecule has 1 aromatic carbocycles. The lowest BCUT2D eigenvalue weighted by molar-refractivity contribution is -0.103. The van der Waals surface area contributed by atoms with E-state index in [0.29, 0.717) is 18.7 Å². The smallest absolute Gasteiger partial charge is 0.381 e. The molecule has 1 heterocycles. The van der Waals surface area contributed by atoms with Gasteiger partial charge in [-0.3, -0.25) is 23.3 Å². The number of hydrogen-bond acceptors (Lipinski definition) is 8. The van der Waals surface area contributed by atoms with Gasteiger partial charge in [-0.2, -0.15) is 0 Å². The molecule has 0 aromatic heterocycles. The number of carbonyl (C=O) groups excluding carboxylic acids is 1. The number of allylic oxidation sites excluding steroid dienone is 5. The van der Waals surface area contributed by atoms with Gasteiger partial charge in [-0.15, -0.1) is 0 Å². The normalized spacial score (nSPS) is 15.5. The molecule has 0 unspecified atom stereocenters. The minimum atomic E-state index is -3.48. The van der Waals surface area contributed by atoms with E-state index in [1.54, 1.807) is 13.8 Å². The van der Waals surface area contributed by atoms with Gasteiger partial charge in [0, 0.05) is 61.8 Å². The molecule has 1 saturated heterocycles. The molecule has 1 aliphatic rings. The van der Waals surface area contributed by atoms with Crippen molar-refractivity contribution < 1.29 is 22.9 Å². The number of benzene rings is 1. The summed E-state index contributed by atoms with van der Waals surface area (Å²) < 4.78 is 28.2. The molecule has 0 atom stereocenters. The number of nitrogens with zero attached hydrogens (tertiary/aromatic N) is 2. The monoisotopic (exact) mass is 535 g/mol. The van der Waals surface area contributed by atoms with Gasteiger partial charge in [-0.05, 0) is 33.8 Å². The Morgan fingerprint density at radius 2 is 1.68 bits per heavy atom. The number of aldehydes is 1. The fourth-order valence-corrected chi connectivity index (χ4v) is 4.99. The molecule has 0 amide bonds. The number of hydrogen-bond donors (Lipinski definition) is 1. The first-order valence-electron chi connectivity index (χ1n) is 13.3. The molecule has 2 rings (SSSR count). The topological polar surface area (TPSA) is 80.3 Å². The van der Waals surface area contributed by atoms with E-state index in [9.17, 15) is 9.36 Å². The molecule has 0 radical (unpaired) electrons. The summed E-state index contributed by atoms with van der Waals surface area (Å²) in [5.41, 5.74) is 3.49. The van der Waals surface area contributed by atoms with Crippen molar-refractivity contribution in [2.24, 2.45) is 0 Å². The Hall–Kier alpha value is -2.22. The van der Waals surface area contributed by atoms with Crippen molar-refractivity contribution in [3.05, 3.63) is 59.8 Å². The summed E-state index contributed by atoms with van der Waals surface area (Å²) in [6.07, 6.45) is 8.95. The summed E-state index contributed by atoms with van der Waals surface area (Å²) in [7, 11) is -3.48. The van der Waals surface area contributed by atoms with Crippen LogP contribution in [0.25, 0.3) is 5.57 Å². The summed E-state index contributed by atoms with van der Waals surface area (Å²) in [5.74, 6) is 0. The highest BCUT2D eigenvalue weighted by Gasteiger charge is 2.26. The molecule has 1 aliphatic heterocycles. The van der Waals surface area contributed by atoms with E-state index in [2.05, 4.69) is 15.1 Å². The molecule has 0 spiro atoms. The van der Waals surface area contributed by atoms with Gasteiger partial charge in [-0.25, -0.2) is 4.57 Å². The summed E-state index contributed by atoms with van der Waals surface area (Å²) in [5, 5.41) is 3.41. The SMILES string of the molecule is C/C=C\C=C/CNc1ccccc1/C(C=O)=C(\C)N1CCN(CCOP(=O)(OCC)OCC)CC1.CC. The number of phosphoric acid groups is 1. The molecular formula is C28H46N3O5P. The number of nitrogens with one attached hydrogen (secondary N) is 1. The average molecular weight is 536 g/mol. The molecule has 208 valence electrons. The van der Waals surface area contributed by atoms with Crippen LogP contribution in [-0.4, -0.2) is 75.2 Å². The number of piperazine rings is 1. The highest BCUT2D eigenvalue weighted by molar-refractivity contribution is 7.48. The molecule has 0 saturated carbocycles. The van der Waals surface area contributed by atoms with Crippen molar-refractivity contribution in [3.8, 4) is 0 Å². The second-order valence-electron chi connectivity index (χ2n) is 7.94. The zero-order valence-electron chi connectivity index (χ0n) is 23.4. The molecule has 1 aromatic rings. The van der Waals surface area contributed by atoms with Gasteiger partial charge in [0.05, 0.1) is 19.8 Å². The molecular weight excluding hydrogens is 489 g/mol. The number of phosphoric ester groups is 1. The van der Waals surface area contributed by atoms with Crippen LogP contribution in [0.2, 0.25) is 0 Å². The van der Waals surface area contributed by atoms with Gasteiger partial charge in [0.15, 0.2) is 6.29 Å². The first kappa shape index (κ1) is 32.8. The lowest BCUT2D eigenvalue weighted by atomic mass is 10.0. The highest BCUT2D eigenvalue weighted by Crippen LogP contribution is 2.49. The zero-order valence-corrected chi connectivity index (χ0v) is 24.3. The highest BCUT2D eigenvalue weighted by atomic mass is 31.2. The fourth-order valence-electron chi connectivity index (χ4n) is 3.83.